The van der Waals surface area contributed by atoms with E-state index in [-0.39, 0.29) is 5.41 Å². The zero-order chi connectivity index (χ0) is 37.1. The van der Waals surface area contributed by atoms with Crippen molar-refractivity contribution < 1.29 is 4.74 Å². The summed E-state index contributed by atoms with van der Waals surface area (Å²) >= 11 is 0. The molecule has 54 heavy (non-hydrogen) atoms. The molecule has 9 rings (SSSR count). The van der Waals surface area contributed by atoms with Crippen LogP contribution in [0.4, 0.5) is 22.9 Å². The van der Waals surface area contributed by atoms with Crippen molar-refractivity contribution in [1.82, 2.24) is 14.5 Å². The van der Waals surface area contributed by atoms with Gasteiger partial charge in [0.05, 0.1) is 22.4 Å². The lowest BCUT2D eigenvalue weighted by molar-refractivity contribution is 0.483. The summed E-state index contributed by atoms with van der Waals surface area (Å²) in [5.41, 5.74) is 12.9. The standard InChI is InChI=1S/C48H43N5O/c1-31-24-32(2)47(33(3)25-31)34-18-21-45(50-29-34)52-30-51(42-16-9-10-17-43(42)52)36-12-11-13-37(27-36)54-38-19-20-40-39-14-7-8-15-41(39)53(44(40)28-38)46-26-35(22-23-49-46)48(4,5)6/h7-29H,30H2,1-6H3. The van der Waals surface area contributed by atoms with E-state index in [1.165, 1.54) is 33.2 Å². The van der Waals surface area contributed by atoms with Crippen LogP contribution in [0.1, 0.15) is 43.0 Å². The van der Waals surface area contributed by atoms with Crippen molar-refractivity contribution >= 4 is 44.7 Å². The molecule has 4 heterocycles. The first kappa shape index (κ1) is 33.4. The van der Waals surface area contributed by atoms with Crippen LogP contribution in [0.3, 0.4) is 0 Å². The van der Waals surface area contributed by atoms with Gasteiger partial charge in [-0.2, -0.15) is 0 Å². The minimum Gasteiger partial charge on any atom is -0.457 e. The van der Waals surface area contributed by atoms with Gasteiger partial charge < -0.3 is 14.5 Å². The third-order valence-corrected chi connectivity index (χ3v) is 10.6. The number of hydrogen-bond acceptors (Lipinski definition) is 5. The highest BCUT2D eigenvalue weighted by Crippen LogP contribution is 2.45. The van der Waals surface area contributed by atoms with Gasteiger partial charge in [0.25, 0.3) is 0 Å². The number of pyridine rings is 2. The molecule has 0 N–H and O–H groups in total. The summed E-state index contributed by atoms with van der Waals surface area (Å²) in [6.45, 7) is 13.8. The molecule has 1 aliphatic rings. The fraction of sp³-hybridized carbons (Fsp3) is 0.167. The summed E-state index contributed by atoms with van der Waals surface area (Å²) in [4.78, 5) is 14.4. The zero-order valence-corrected chi connectivity index (χ0v) is 31.6. The first-order valence-electron chi connectivity index (χ1n) is 18.6. The van der Waals surface area contributed by atoms with Gasteiger partial charge in [0.15, 0.2) is 0 Å². The Kier molecular flexibility index (Phi) is 8.00. The minimum absolute atomic E-state index is 0.00382. The Hall–Kier alpha value is -6.40. The van der Waals surface area contributed by atoms with E-state index in [0.29, 0.717) is 6.67 Å². The molecule has 0 spiro atoms. The van der Waals surface area contributed by atoms with E-state index in [9.17, 15) is 0 Å². The predicted molar refractivity (Wildman–Crippen MR) is 223 cm³/mol. The second kappa shape index (κ2) is 12.9. The van der Waals surface area contributed by atoms with Crippen LogP contribution in [0.25, 0.3) is 38.8 Å². The molecule has 1 aliphatic heterocycles. The number of ether oxygens (including phenoxy) is 1. The van der Waals surface area contributed by atoms with Crippen molar-refractivity contribution in [3.63, 3.8) is 0 Å². The molecule has 0 bridgehead atoms. The summed E-state index contributed by atoms with van der Waals surface area (Å²) < 4.78 is 8.90. The SMILES string of the molecule is Cc1cc(C)c(-c2ccc(N3CN(c4cccc(Oc5ccc6c7ccccc7n(-c7cc(C(C)(C)C)ccn7)c6c5)c4)c4ccccc43)nc2)c(C)c1. The highest BCUT2D eigenvalue weighted by Gasteiger charge is 2.29. The van der Waals surface area contributed by atoms with Crippen LogP contribution >= 0.6 is 0 Å². The van der Waals surface area contributed by atoms with Crippen molar-refractivity contribution in [1.29, 1.82) is 0 Å². The Morgan fingerprint density at radius 2 is 1.31 bits per heavy atom. The van der Waals surface area contributed by atoms with E-state index in [2.05, 4.69) is 177 Å². The fourth-order valence-corrected chi connectivity index (χ4v) is 8.08. The number of benzene rings is 5. The molecule has 0 aliphatic carbocycles. The lowest BCUT2D eigenvalue weighted by Crippen LogP contribution is -2.24. The van der Waals surface area contributed by atoms with Crippen molar-refractivity contribution in [2.24, 2.45) is 0 Å². The first-order valence-corrected chi connectivity index (χ1v) is 18.6. The predicted octanol–water partition coefficient (Wildman–Crippen LogP) is 12.5. The van der Waals surface area contributed by atoms with E-state index in [1.807, 2.05) is 18.5 Å². The Labute approximate surface area is 316 Å². The number of aryl methyl sites for hydroxylation is 3. The molecule has 3 aromatic heterocycles. The van der Waals surface area contributed by atoms with E-state index >= 15 is 0 Å². The van der Waals surface area contributed by atoms with Crippen LogP contribution < -0.4 is 14.5 Å². The van der Waals surface area contributed by atoms with E-state index in [4.69, 9.17) is 14.7 Å². The summed E-state index contributed by atoms with van der Waals surface area (Å²) in [5, 5.41) is 2.35. The number of rotatable bonds is 6. The molecule has 6 heteroatoms. The Morgan fingerprint density at radius 3 is 2.07 bits per heavy atom. The lowest BCUT2D eigenvalue weighted by atomic mass is 9.88. The van der Waals surface area contributed by atoms with E-state index < -0.39 is 0 Å². The maximum absolute atomic E-state index is 6.65. The van der Waals surface area contributed by atoms with Crippen LogP contribution in [0.15, 0.2) is 140 Å². The van der Waals surface area contributed by atoms with Gasteiger partial charge in [-0.05, 0) is 115 Å². The smallest absolute Gasteiger partial charge is 0.137 e. The molecule has 6 nitrogen and oxygen atoms in total. The molecule has 8 aromatic rings. The minimum atomic E-state index is 0.00382. The van der Waals surface area contributed by atoms with Crippen LogP contribution in [0.5, 0.6) is 11.5 Å². The van der Waals surface area contributed by atoms with Gasteiger partial charge in [-0.15, -0.1) is 0 Å². The van der Waals surface area contributed by atoms with Gasteiger partial charge >= 0.3 is 0 Å². The Balaban J connectivity index is 1.03. The number of hydrogen-bond donors (Lipinski definition) is 0. The summed E-state index contributed by atoms with van der Waals surface area (Å²) in [6.07, 6.45) is 3.92. The van der Waals surface area contributed by atoms with Crippen molar-refractivity contribution in [3.8, 4) is 28.4 Å². The molecule has 0 atom stereocenters. The molecule has 0 amide bonds. The summed E-state index contributed by atoms with van der Waals surface area (Å²) in [6, 6.07) is 44.9. The van der Waals surface area contributed by atoms with Crippen LogP contribution in [-0.4, -0.2) is 21.2 Å². The number of anilines is 4. The topological polar surface area (TPSA) is 46.4 Å². The van der Waals surface area contributed by atoms with E-state index in [0.717, 1.165) is 62.2 Å². The molecule has 5 aromatic carbocycles. The molecule has 0 unspecified atom stereocenters. The Morgan fingerprint density at radius 1 is 0.593 bits per heavy atom. The third kappa shape index (κ3) is 5.84. The quantitative estimate of drug-likeness (QED) is 0.172. The van der Waals surface area contributed by atoms with Gasteiger partial charge in [0, 0.05) is 46.5 Å². The average Bonchev–Trinajstić information content (AvgIpc) is 3.71. The fourth-order valence-electron chi connectivity index (χ4n) is 8.08. The molecule has 0 saturated carbocycles. The molecular formula is C48H43N5O. The normalized spacial score (nSPS) is 12.9. The van der Waals surface area contributed by atoms with Crippen LogP contribution in [0, 0.1) is 20.8 Å². The number of nitrogens with zero attached hydrogens (tertiary/aromatic N) is 5. The number of para-hydroxylation sites is 3. The van der Waals surface area contributed by atoms with Gasteiger partial charge in [0.2, 0.25) is 0 Å². The molecule has 0 radical (unpaired) electrons. The maximum atomic E-state index is 6.65. The molecule has 0 fully saturated rings. The molecule has 266 valence electrons. The number of aromatic nitrogens is 3. The van der Waals surface area contributed by atoms with E-state index in [1.54, 1.807) is 0 Å². The lowest BCUT2D eigenvalue weighted by Gasteiger charge is -2.22. The summed E-state index contributed by atoms with van der Waals surface area (Å²) in [7, 11) is 0. The number of fused-ring (bicyclic) bond motifs is 4. The maximum Gasteiger partial charge on any atom is 0.137 e. The zero-order valence-electron chi connectivity index (χ0n) is 31.6. The van der Waals surface area contributed by atoms with Gasteiger partial charge in [-0.3, -0.25) is 4.57 Å². The summed E-state index contributed by atoms with van der Waals surface area (Å²) in [5.74, 6) is 3.34. The van der Waals surface area contributed by atoms with Crippen LogP contribution in [-0.2, 0) is 5.41 Å². The van der Waals surface area contributed by atoms with Gasteiger partial charge in [-0.25, -0.2) is 9.97 Å². The second-order valence-electron chi connectivity index (χ2n) is 15.4. The largest absolute Gasteiger partial charge is 0.457 e. The second-order valence-corrected chi connectivity index (χ2v) is 15.4. The van der Waals surface area contributed by atoms with Crippen LogP contribution in [0.2, 0.25) is 0 Å². The van der Waals surface area contributed by atoms with Crippen molar-refractivity contribution in [3.05, 3.63) is 162 Å². The molecular weight excluding hydrogens is 663 g/mol. The Bertz CT molecular complexity index is 2680. The highest BCUT2D eigenvalue weighted by atomic mass is 16.5. The van der Waals surface area contributed by atoms with Gasteiger partial charge in [0.1, 0.15) is 29.8 Å². The molecule has 0 saturated heterocycles. The highest BCUT2D eigenvalue weighted by molar-refractivity contribution is 6.09. The van der Waals surface area contributed by atoms with Gasteiger partial charge in [-0.1, -0.05) is 74.9 Å². The third-order valence-electron chi connectivity index (χ3n) is 10.6. The monoisotopic (exact) mass is 705 g/mol. The first-order chi connectivity index (χ1) is 26.1. The average molecular weight is 706 g/mol. The van der Waals surface area contributed by atoms with Crippen molar-refractivity contribution in [2.45, 2.75) is 47.0 Å². The van der Waals surface area contributed by atoms with Crippen molar-refractivity contribution in [2.75, 3.05) is 16.5 Å².